The maximum atomic E-state index is 3.92. The molecule has 0 amide bonds. The van der Waals surface area contributed by atoms with Gasteiger partial charge in [-0.2, -0.15) is 0 Å². The predicted molar refractivity (Wildman–Crippen MR) is 53.8 cm³/mol. The van der Waals surface area contributed by atoms with E-state index in [9.17, 15) is 0 Å². The van der Waals surface area contributed by atoms with Crippen LogP contribution in [0.15, 0.2) is 0 Å². The molecular formula is C9H17N5. The van der Waals surface area contributed by atoms with E-state index < -0.39 is 0 Å². The Labute approximate surface area is 83.9 Å². The van der Waals surface area contributed by atoms with E-state index in [1.54, 1.807) is 4.68 Å². The zero-order valence-electron chi connectivity index (χ0n) is 8.99. The largest absolute Gasteiger partial charge is 0.350 e. The summed E-state index contributed by atoms with van der Waals surface area (Å²) in [6.07, 6.45) is 3.68. The lowest BCUT2D eigenvalue weighted by atomic mass is 9.92. The van der Waals surface area contributed by atoms with Crippen LogP contribution in [0.2, 0.25) is 0 Å². The van der Waals surface area contributed by atoms with Gasteiger partial charge in [-0.25, -0.2) is 4.68 Å². The van der Waals surface area contributed by atoms with Crippen LogP contribution in [0.4, 0.5) is 5.95 Å². The third kappa shape index (κ3) is 1.86. The van der Waals surface area contributed by atoms with Crippen molar-refractivity contribution in [2.75, 3.05) is 5.32 Å². The summed E-state index contributed by atoms with van der Waals surface area (Å²) < 4.78 is 1.67. The fraction of sp³-hybridized carbons (Fsp3) is 0.889. The first-order valence-corrected chi connectivity index (χ1v) is 5.06. The Bertz CT molecular complexity index is 317. The normalized spacial score (nSPS) is 25.2. The molecule has 1 aromatic heterocycles. The van der Waals surface area contributed by atoms with Crippen molar-refractivity contribution < 1.29 is 0 Å². The van der Waals surface area contributed by atoms with Gasteiger partial charge in [0.25, 0.3) is 0 Å². The highest BCUT2D eigenvalue weighted by Gasteiger charge is 2.31. The molecule has 5 heteroatoms. The second-order valence-corrected chi connectivity index (χ2v) is 4.87. The van der Waals surface area contributed by atoms with E-state index in [1.807, 2.05) is 7.05 Å². The maximum absolute atomic E-state index is 3.92. The number of rotatable bonds is 2. The van der Waals surface area contributed by atoms with Crippen molar-refractivity contribution >= 4 is 5.95 Å². The first-order valence-electron chi connectivity index (χ1n) is 5.06. The van der Waals surface area contributed by atoms with Gasteiger partial charge in [-0.05, 0) is 35.1 Å². The van der Waals surface area contributed by atoms with Gasteiger partial charge in [0.05, 0.1) is 0 Å². The Kier molecular flexibility index (Phi) is 2.17. The number of nitrogens with zero attached hydrogens (tertiary/aromatic N) is 4. The molecule has 2 rings (SSSR count). The molecule has 14 heavy (non-hydrogen) atoms. The topological polar surface area (TPSA) is 55.6 Å². The Hall–Kier alpha value is -1.13. The third-order valence-electron chi connectivity index (χ3n) is 2.92. The summed E-state index contributed by atoms with van der Waals surface area (Å²) in [5, 5.41) is 14.7. The van der Waals surface area contributed by atoms with E-state index in [4.69, 9.17) is 0 Å². The quantitative estimate of drug-likeness (QED) is 0.770. The molecule has 0 bridgehead atoms. The number of aromatic nitrogens is 4. The van der Waals surface area contributed by atoms with E-state index >= 15 is 0 Å². The summed E-state index contributed by atoms with van der Waals surface area (Å²) in [7, 11) is 1.85. The molecule has 1 aromatic rings. The van der Waals surface area contributed by atoms with Gasteiger partial charge in [-0.3, -0.25) is 0 Å². The van der Waals surface area contributed by atoms with Crippen LogP contribution in [0, 0.1) is 5.41 Å². The summed E-state index contributed by atoms with van der Waals surface area (Å²) in [5.41, 5.74) is 0.462. The minimum atomic E-state index is 0.462. The molecule has 1 heterocycles. The smallest absolute Gasteiger partial charge is 0.242 e. The lowest BCUT2D eigenvalue weighted by molar-refractivity contribution is 0.378. The molecule has 5 nitrogen and oxygen atoms in total. The SMILES string of the molecule is Cn1nnnc1NC1CCC(C)(C)C1. The Morgan fingerprint density at radius 1 is 1.50 bits per heavy atom. The molecule has 1 atom stereocenters. The highest BCUT2D eigenvalue weighted by atomic mass is 15.6. The first-order chi connectivity index (χ1) is 6.57. The molecule has 1 aliphatic carbocycles. The second-order valence-electron chi connectivity index (χ2n) is 4.87. The van der Waals surface area contributed by atoms with Crippen LogP contribution < -0.4 is 5.32 Å². The minimum absolute atomic E-state index is 0.462. The van der Waals surface area contributed by atoms with Crippen LogP contribution in [0.3, 0.4) is 0 Å². The lowest BCUT2D eigenvalue weighted by Crippen LogP contribution is -2.19. The summed E-state index contributed by atoms with van der Waals surface area (Å²) >= 11 is 0. The third-order valence-corrected chi connectivity index (χ3v) is 2.92. The molecule has 1 unspecified atom stereocenters. The maximum Gasteiger partial charge on any atom is 0.242 e. The van der Waals surface area contributed by atoms with Crippen LogP contribution in [-0.2, 0) is 7.05 Å². The van der Waals surface area contributed by atoms with Gasteiger partial charge in [0, 0.05) is 13.1 Å². The van der Waals surface area contributed by atoms with Crippen molar-refractivity contribution in [2.24, 2.45) is 12.5 Å². The number of hydrogen-bond acceptors (Lipinski definition) is 4. The van der Waals surface area contributed by atoms with Crippen molar-refractivity contribution in [1.82, 2.24) is 20.2 Å². The number of hydrogen-bond donors (Lipinski definition) is 1. The molecule has 0 radical (unpaired) electrons. The summed E-state index contributed by atoms with van der Waals surface area (Å²) in [4.78, 5) is 0. The van der Waals surface area contributed by atoms with Crippen LogP contribution in [0.5, 0.6) is 0 Å². The molecule has 1 aliphatic rings. The predicted octanol–water partition coefficient (Wildman–Crippen LogP) is 1.20. The Balaban J connectivity index is 1.97. The van der Waals surface area contributed by atoms with Gasteiger partial charge in [-0.15, -0.1) is 0 Å². The fourth-order valence-corrected chi connectivity index (χ4v) is 2.09. The Morgan fingerprint density at radius 3 is 2.79 bits per heavy atom. The van der Waals surface area contributed by atoms with Gasteiger partial charge in [0.1, 0.15) is 0 Å². The van der Waals surface area contributed by atoms with Gasteiger partial charge < -0.3 is 5.32 Å². The van der Waals surface area contributed by atoms with Gasteiger partial charge in [0.15, 0.2) is 0 Å². The Morgan fingerprint density at radius 2 is 2.29 bits per heavy atom. The molecule has 1 N–H and O–H groups in total. The van der Waals surface area contributed by atoms with E-state index in [1.165, 1.54) is 19.3 Å². The van der Waals surface area contributed by atoms with Gasteiger partial charge in [-0.1, -0.05) is 18.9 Å². The molecular weight excluding hydrogens is 178 g/mol. The molecule has 1 saturated carbocycles. The number of aryl methyl sites for hydroxylation is 1. The van der Waals surface area contributed by atoms with E-state index in [-0.39, 0.29) is 0 Å². The summed E-state index contributed by atoms with van der Waals surface area (Å²) in [6.45, 7) is 4.62. The monoisotopic (exact) mass is 195 g/mol. The average molecular weight is 195 g/mol. The molecule has 0 saturated heterocycles. The number of anilines is 1. The van der Waals surface area contributed by atoms with Crippen LogP contribution >= 0.6 is 0 Å². The van der Waals surface area contributed by atoms with E-state index in [0.717, 1.165) is 5.95 Å². The zero-order valence-corrected chi connectivity index (χ0v) is 8.99. The van der Waals surface area contributed by atoms with Crippen molar-refractivity contribution in [3.8, 4) is 0 Å². The highest BCUT2D eigenvalue weighted by Crippen LogP contribution is 2.37. The molecule has 78 valence electrons. The number of nitrogens with one attached hydrogen (secondary N) is 1. The van der Waals surface area contributed by atoms with Gasteiger partial charge >= 0.3 is 0 Å². The van der Waals surface area contributed by atoms with Crippen molar-refractivity contribution in [1.29, 1.82) is 0 Å². The zero-order chi connectivity index (χ0) is 10.2. The van der Waals surface area contributed by atoms with Crippen molar-refractivity contribution in [3.63, 3.8) is 0 Å². The average Bonchev–Trinajstić information content (AvgIpc) is 2.61. The summed E-state index contributed by atoms with van der Waals surface area (Å²) in [6, 6.07) is 0.523. The molecule has 0 aromatic carbocycles. The van der Waals surface area contributed by atoms with Crippen molar-refractivity contribution in [3.05, 3.63) is 0 Å². The van der Waals surface area contributed by atoms with Crippen LogP contribution in [0.25, 0.3) is 0 Å². The van der Waals surface area contributed by atoms with E-state index in [2.05, 4.69) is 34.7 Å². The van der Waals surface area contributed by atoms with Crippen molar-refractivity contribution in [2.45, 2.75) is 39.2 Å². The summed E-state index contributed by atoms with van der Waals surface area (Å²) in [5.74, 6) is 0.771. The number of tetrazole rings is 1. The molecule has 0 aliphatic heterocycles. The van der Waals surface area contributed by atoms with Crippen LogP contribution in [-0.4, -0.2) is 26.2 Å². The molecule has 0 spiro atoms. The van der Waals surface area contributed by atoms with Crippen LogP contribution in [0.1, 0.15) is 33.1 Å². The van der Waals surface area contributed by atoms with Gasteiger partial charge in [0.2, 0.25) is 5.95 Å². The second kappa shape index (κ2) is 3.22. The lowest BCUT2D eigenvalue weighted by Gasteiger charge is -2.17. The first kappa shape index (κ1) is 9.43. The fourth-order valence-electron chi connectivity index (χ4n) is 2.09. The molecule has 1 fully saturated rings. The minimum Gasteiger partial charge on any atom is -0.350 e. The van der Waals surface area contributed by atoms with E-state index in [0.29, 0.717) is 11.5 Å². The highest BCUT2D eigenvalue weighted by molar-refractivity contribution is 5.24. The standard InChI is InChI=1S/C9H17N5/c1-9(2)5-4-7(6-9)10-8-11-12-13-14(8)3/h7H,4-6H2,1-3H3,(H,10,11,13).